The first kappa shape index (κ1) is 17.2. The van der Waals surface area contributed by atoms with E-state index in [9.17, 15) is 5.11 Å². The molecular weight excluding hydrogens is 260 g/mol. The van der Waals surface area contributed by atoms with Gasteiger partial charge in [0.2, 0.25) is 0 Å². The molecule has 0 saturated carbocycles. The van der Waals surface area contributed by atoms with Crippen molar-refractivity contribution in [2.24, 2.45) is 5.92 Å². The van der Waals surface area contributed by atoms with Crippen LogP contribution in [-0.4, -0.2) is 13.2 Å². The summed E-state index contributed by atoms with van der Waals surface area (Å²) in [6, 6.07) is 13.7. The normalized spacial score (nSPS) is 14.8. The zero-order valence-corrected chi connectivity index (χ0v) is 14.5. The summed E-state index contributed by atoms with van der Waals surface area (Å²) in [5.41, 5.74) is 1.02. The van der Waals surface area contributed by atoms with Gasteiger partial charge < -0.3 is 5.11 Å². The van der Waals surface area contributed by atoms with Gasteiger partial charge >= 0.3 is 0 Å². The molecule has 0 aliphatic carbocycles. The predicted octanol–water partition coefficient (Wildman–Crippen LogP) is 5.35. The molecule has 0 amide bonds. The fraction of sp³-hybridized carbons (Fsp3) is 0.556. The maximum absolute atomic E-state index is 10.8. The lowest BCUT2D eigenvalue weighted by molar-refractivity contribution is 0.126. The van der Waals surface area contributed by atoms with E-state index in [1.807, 2.05) is 30.3 Å². The molecule has 0 saturated heterocycles. The number of hydrogen-bond acceptors (Lipinski definition) is 1. The van der Waals surface area contributed by atoms with Gasteiger partial charge in [0.15, 0.2) is 0 Å². The molecule has 0 fully saturated rings. The van der Waals surface area contributed by atoms with E-state index in [2.05, 4.69) is 34.3 Å². The topological polar surface area (TPSA) is 20.2 Å². The highest BCUT2D eigenvalue weighted by Crippen LogP contribution is 2.39. The van der Waals surface area contributed by atoms with Crippen LogP contribution in [0.5, 0.6) is 0 Å². The van der Waals surface area contributed by atoms with Crippen LogP contribution >= 0.6 is 0 Å². The molecule has 1 aromatic carbocycles. The summed E-state index contributed by atoms with van der Waals surface area (Å²) < 4.78 is 0. The summed E-state index contributed by atoms with van der Waals surface area (Å²) in [4.78, 5) is 0. The van der Waals surface area contributed by atoms with Gasteiger partial charge in [0.25, 0.3) is 0 Å². The molecule has 1 aromatic rings. The van der Waals surface area contributed by atoms with Gasteiger partial charge in [0.05, 0.1) is 14.2 Å². The Kier molecular flexibility index (Phi) is 6.70. The number of aliphatic hydroxyl groups is 1. The van der Waals surface area contributed by atoms with Crippen LogP contribution in [0.2, 0.25) is 18.1 Å². The third-order valence-electron chi connectivity index (χ3n) is 5.12. The third kappa shape index (κ3) is 3.42. The van der Waals surface area contributed by atoms with Gasteiger partial charge in [-0.1, -0.05) is 81.4 Å². The van der Waals surface area contributed by atoms with E-state index in [1.165, 1.54) is 23.3 Å². The van der Waals surface area contributed by atoms with E-state index in [0.29, 0.717) is 0 Å². The Bertz CT molecular complexity index is 400. The van der Waals surface area contributed by atoms with Crippen LogP contribution in [0.3, 0.4) is 0 Å². The first-order valence-electron chi connectivity index (χ1n) is 7.98. The minimum atomic E-state index is -1.45. The largest absolute Gasteiger partial charge is 0.388 e. The van der Waals surface area contributed by atoms with Gasteiger partial charge in [-0.25, -0.2) is 0 Å². The van der Waals surface area contributed by atoms with Gasteiger partial charge in [-0.15, -0.1) is 6.58 Å². The molecule has 1 N–H and O–H groups in total. The molecule has 1 nitrogen and oxygen atoms in total. The molecule has 0 unspecified atom stereocenters. The van der Waals surface area contributed by atoms with Crippen molar-refractivity contribution in [2.75, 3.05) is 0 Å². The monoisotopic (exact) mass is 290 g/mol. The molecule has 0 aliphatic heterocycles. The van der Waals surface area contributed by atoms with Crippen LogP contribution in [0.15, 0.2) is 42.1 Å². The molecule has 0 aromatic heterocycles. The van der Waals surface area contributed by atoms with Gasteiger partial charge in [-0.05, 0) is 12.0 Å². The maximum atomic E-state index is 10.8. The van der Waals surface area contributed by atoms with E-state index in [0.717, 1.165) is 12.0 Å². The average molecular weight is 291 g/mol. The second-order valence-corrected chi connectivity index (χ2v) is 11.1. The molecule has 0 bridgehead atoms. The van der Waals surface area contributed by atoms with E-state index in [-0.39, 0.29) is 5.92 Å². The molecule has 1 rings (SSSR count). The Labute approximate surface area is 125 Å². The second-order valence-electron chi connectivity index (χ2n) is 5.74. The van der Waals surface area contributed by atoms with Gasteiger partial charge in [0, 0.05) is 5.92 Å². The number of rotatable bonds is 8. The lowest BCUT2D eigenvalue weighted by atomic mass is 9.93. The van der Waals surface area contributed by atoms with E-state index >= 15 is 0 Å². The highest BCUT2D eigenvalue weighted by molar-refractivity contribution is 6.86. The average Bonchev–Trinajstić information content (AvgIpc) is 2.51. The molecule has 2 atom stereocenters. The maximum Gasteiger partial charge on any atom is 0.0851 e. The Balaban J connectivity index is 3.03. The number of aliphatic hydroxyl groups excluding tert-OH is 1. The Morgan fingerprint density at radius 2 is 1.55 bits per heavy atom. The SMILES string of the molecule is C=C([C@@H](CC)[C@@H](O)c1ccccc1)[Si](CC)(CC)CC. The zero-order valence-electron chi connectivity index (χ0n) is 13.5. The van der Waals surface area contributed by atoms with E-state index < -0.39 is 14.2 Å². The lowest BCUT2D eigenvalue weighted by Crippen LogP contribution is -2.39. The van der Waals surface area contributed by atoms with Crippen molar-refractivity contribution in [2.45, 2.75) is 58.4 Å². The van der Waals surface area contributed by atoms with Gasteiger partial charge in [-0.3, -0.25) is 0 Å². The zero-order chi connectivity index (χ0) is 15.2. The molecule has 0 radical (unpaired) electrons. The van der Waals surface area contributed by atoms with Crippen molar-refractivity contribution in [3.8, 4) is 0 Å². The van der Waals surface area contributed by atoms with Crippen LogP contribution in [0.4, 0.5) is 0 Å². The van der Waals surface area contributed by atoms with Crippen molar-refractivity contribution in [3.05, 3.63) is 47.7 Å². The number of hydrogen-bond donors (Lipinski definition) is 1. The van der Waals surface area contributed by atoms with Gasteiger partial charge in [0.1, 0.15) is 0 Å². The van der Waals surface area contributed by atoms with Crippen molar-refractivity contribution < 1.29 is 5.11 Å². The smallest absolute Gasteiger partial charge is 0.0851 e. The minimum Gasteiger partial charge on any atom is -0.388 e. The van der Waals surface area contributed by atoms with Gasteiger partial charge in [-0.2, -0.15) is 0 Å². The summed E-state index contributed by atoms with van der Waals surface area (Å²) in [6.07, 6.45) is 0.550. The molecule has 2 heteroatoms. The van der Waals surface area contributed by atoms with E-state index in [4.69, 9.17) is 0 Å². The number of benzene rings is 1. The van der Waals surface area contributed by atoms with Crippen molar-refractivity contribution in [1.29, 1.82) is 0 Å². The predicted molar refractivity (Wildman–Crippen MR) is 91.5 cm³/mol. The molecule has 0 heterocycles. The summed E-state index contributed by atoms with van der Waals surface area (Å²) in [6.45, 7) is 13.5. The molecule has 112 valence electrons. The van der Waals surface area contributed by atoms with Crippen LogP contribution in [-0.2, 0) is 0 Å². The minimum absolute atomic E-state index is 0.198. The van der Waals surface area contributed by atoms with Crippen molar-refractivity contribution >= 4 is 8.07 Å². The first-order valence-corrected chi connectivity index (χ1v) is 10.6. The molecule has 0 aliphatic rings. The molecular formula is C18H30OSi. The second kappa shape index (κ2) is 7.80. The Morgan fingerprint density at radius 3 is 1.95 bits per heavy atom. The van der Waals surface area contributed by atoms with Crippen molar-refractivity contribution in [1.82, 2.24) is 0 Å². The van der Waals surface area contributed by atoms with Crippen LogP contribution in [0, 0.1) is 5.92 Å². The lowest BCUT2D eigenvalue weighted by Gasteiger charge is -2.37. The molecule has 0 spiro atoms. The fourth-order valence-electron chi connectivity index (χ4n) is 3.37. The fourth-order valence-corrected chi connectivity index (χ4v) is 7.38. The van der Waals surface area contributed by atoms with Crippen LogP contribution < -0.4 is 0 Å². The van der Waals surface area contributed by atoms with Crippen LogP contribution in [0.25, 0.3) is 0 Å². The summed E-state index contributed by atoms with van der Waals surface area (Å²) >= 11 is 0. The Hall–Kier alpha value is -0.863. The summed E-state index contributed by atoms with van der Waals surface area (Å²) in [5, 5.41) is 12.1. The summed E-state index contributed by atoms with van der Waals surface area (Å²) in [7, 11) is -1.45. The quantitative estimate of drug-likeness (QED) is 0.640. The standard InChI is InChI=1S/C18H30OSi/c1-6-17(15(5)20(7-2,8-3)9-4)18(19)16-13-11-10-12-14-16/h10-14,17-19H,5-9H2,1-4H3/t17-,18+/m1/s1. The van der Waals surface area contributed by atoms with Crippen molar-refractivity contribution in [3.63, 3.8) is 0 Å². The summed E-state index contributed by atoms with van der Waals surface area (Å²) in [5.74, 6) is 0.198. The van der Waals surface area contributed by atoms with Crippen LogP contribution in [0.1, 0.15) is 45.8 Å². The highest BCUT2D eigenvalue weighted by Gasteiger charge is 2.36. The third-order valence-corrected chi connectivity index (χ3v) is 10.9. The highest BCUT2D eigenvalue weighted by atomic mass is 28.3. The first-order chi connectivity index (χ1) is 9.56. The Morgan fingerprint density at radius 1 is 1.05 bits per heavy atom. The van der Waals surface area contributed by atoms with E-state index in [1.54, 1.807) is 0 Å². The molecule has 20 heavy (non-hydrogen) atoms.